The maximum atomic E-state index is 11.6. The van der Waals surface area contributed by atoms with E-state index in [0.29, 0.717) is 0 Å². The van der Waals surface area contributed by atoms with E-state index in [1.807, 2.05) is 0 Å². The van der Waals surface area contributed by atoms with E-state index in [9.17, 15) is 19.5 Å². The lowest BCUT2D eigenvalue weighted by Gasteiger charge is -2.28. The summed E-state index contributed by atoms with van der Waals surface area (Å²) in [6.45, 7) is 3.32. The summed E-state index contributed by atoms with van der Waals surface area (Å²) in [5, 5.41) is 11.5. The van der Waals surface area contributed by atoms with Gasteiger partial charge < -0.3 is 5.11 Å². The molecule has 0 radical (unpaired) electrons. The molecule has 1 aromatic rings. The predicted octanol–water partition coefficient (Wildman–Crippen LogP) is 0.137. The monoisotopic (exact) mass is 226 g/mol. The van der Waals surface area contributed by atoms with Crippen LogP contribution in [0.4, 0.5) is 0 Å². The Morgan fingerprint density at radius 2 is 1.94 bits per heavy atom. The van der Waals surface area contributed by atoms with E-state index in [-0.39, 0.29) is 12.8 Å². The highest BCUT2D eigenvalue weighted by molar-refractivity contribution is 5.76. The fourth-order valence-electron chi connectivity index (χ4n) is 1.71. The molecule has 1 heterocycles. The molecule has 0 aliphatic rings. The van der Waals surface area contributed by atoms with Crippen LogP contribution in [0.5, 0.6) is 0 Å². The van der Waals surface area contributed by atoms with Gasteiger partial charge in [-0.2, -0.15) is 0 Å². The first-order chi connectivity index (χ1) is 7.47. The Hall–Kier alpha value is -1.85. The van der Waals surface area contributed by atoms with Gasteiger partial charge in [0, 0.05) is 12.1 Å². The van der Waals surface area contributed by atoms with Crippen molar-refractivity contribution < 1.29 is 9.90 Å². The smallest absolute Gasteiger partial charge is 0.331 e. The zero-order valence-corrected chi connectivity index (χ0v) is 9.19. The number of hydrogen-bond acceptors (Lipinski definition) is 3. The molecule has 0 unspecified atom stereocenters. The second-order valence-corrected chi connectivity index (χ2v) is 3.53. The zero-order chi connectivity index (χ0) is 12.3. The minimum Gasteiger partial charge on any atom is -0.479 e. The summed E-state index contributed by atoms with van der Waals surface area (Å²) in [5.41, 5.74) is -2.39. The molecule has 0 spiro atoms. The summed E-state index contributed by atoms with van der Waals surface area (Å²) in [4.78, 5) is 34.0. The molecule has 16 heavy (non-hydrogen) atoms. The lowest BCUT2D eigenvalue weighted by atomic mass is 9.93. The Morgan fingerprint density at radius 3 is 2.38 bits per heavy atom. The number of aromatic amines is 1. The van der Waals surface area contributed by atoms with Gasteiger partial charge in [-0.25, -0.2) is 9.48 Å². The third-order valence-corrected chi connectivity index (χ3v) is 2.82. The second kappa shape index (κ2) is 4.34. The lowest BCUT2D eigenvalue weighted by Crippen LogP contribution is -2.49. The van der Waals surface area contributed by atoms with Crippen molar-refractivity contribution in [2.45, 2.75) is 32.2 Å². The average molecular weight is 226 g/mol. The van der Waals surface area contributed by atoms with Crippen LogP contribution in [0.15, 0.2) is 21.7 Å². The lowest BCUT2D eigenvalue weighted by molar-refractivity contribution is -0.149. The Labute approximate surface area is 91.5 Å². The standard InChI is InChI=1S/C10H14N2O4/c1-3-10(4-2,9(15)16)12-8(14)6-5-7(13)11-12/h5-6H,3-4H2,1-2H3,(H,11,13)(H,15,16). The SMILES string of the molecule is CCC(CC)(C(=O)O)n1[nH]c(=O)ccc1=O. The van der Waals surface area contributed by atoms with Crippen molar-refractivity contribution in [1.29, 1.82) is 0 Å². The number of nitrogens with zero attached hydrogens (tertiary/aromatic N) is 1. The van der Waals surface area contributed by atoms with E-state index in [4.69, 9.17) is 0 Å². The molecule has 1 rings (SSSR count). The highest BCUT2D eigenvalue weighted by atomic mass is 16.4. The summed E-state index contributed by atoms with van der Waals surface area (Å²) in [5.74, 6) is -1.12. The van der Waals surface area contributed by atoms with E-state index in [0.717, 1.165) is 16.8 Å². The molecule has 0 bridgehead atoms. The molecule has 0 aliphatic heterocycles. The summed E-state index contributed by atoms with van der Waals surface area (Å²) < 4.78 is 0.900. The fraction of sp³-hybridized carbons (Fsp3) is 0.500. The summed E-state index contributed by atoms with van der Waals surface area (Å²) in [6.07, 6.45) is 0.442. The number of aliphatic carboxylic acids is 1. The quantitative estimate of drug-likeness (QED) is 0.763. The van der Waals surface area contributed by atoms with Gasteiger partial charge in [-0.05, 0) is 12.8 Å². The molecule has 0 saturated heterocycles. The van der Waals surface area contributed by atoms with Crippen LogP contribution in [-0.4, -0.2) is 20.9 Å². The van der Waals surface area contributed by atoms with E-state index < -0.39 is 22.6 Å². The molecule has 0 aromatic carbocycles. The Balaban J connectivity index is 3.54. The molecular formula is C10H14N2O4. The average Bonchev–Trinajstić information content (AvgIpc) is 2.25. The third kappa shape index (κ3) is 1.78. The van der Waals surface area contributed by atoms with Crippen LogP contribution in [0.3, 0.4) is 0 Å². The number of rotatable bonds is 4. The van der Waals surface area contributed by atoms with Crippen molar-refractivity contribution in [2.24, 2.45) is 0 Å². The van der Waals surface area contributed by atoms with Gasteiger partial charge in [0.1, 0.15) is 0 Å². The molecule has 88 valence electrons. The Morgan fingerprint density at radius 1 is 1.38 bits per heavy atom. The first kappa shape index (κ1) is 12.2. The minimum atomic E-state index is -1.38. The van der Waals surface area contributed by atoms with Crippen LogP contribution in [-0.2, 0) is 10.3 Å². The van der Waals surface area contributed by atoms with E-state index in [1.165, 1.54) is 0 Å². The molecule has 2 N–H and O–H groups in total. The second-order valence-electron chi connectivity index (χ2n) is 3.53. The topological polar surface area (TPSA) is 92.2 Å². The van der Waals surface area contributed by atoms with Crippen molar-refractivity contribution >= 4 is 5.97 Å². The van der Waals surface area contributed by atoms with Crippen LogP contribution in [0.1, 0.15) is 26.7 Å². The first-order valence-corrected chi connectivity index (χ1v) is 5.04. The highest BCUT2D eigenvalue weighted by Crippen LogP contribution is 2.22. The van der Waals surface area contributed by atoms with E-state index in [2.05, 4.69) is 5.10 Å². The van der Waals surface area contributed by atoms with Gasteiger partial charge >= 0.3 is 5.97 Å². The number of aromatic nitrogens is 2. The van der Waals surface area contributed by atoms with Crippen LogP contribution in [0, 0.1) is 0 Å². The van der Waals surface area contributed by atoms with E-state index in [1.54, 1.807) is 13.8 Å². The van der Waals surface area contributed by atoms with Crippen molar-refractivity contribution in [3.05, 3.63) is 32.8 Å². The van der Waals surface area contributed by atoms with Crippen LogP contribution in [0.2, 0.25) is 0 Å². The minimum absolute atomic E-state index is 0.221. The van der Waals surface area contributed by atoms with Gasteiger partial charge in [0.05, 0.1) is 0 Å². The summed E-state index contributed by atoms with van der Waals surface area (Å²) in [6, 6.07) is 2.15. The van der Waals surface area contributed by atoms with Gasteiger partial charge in [0.25, 0.3) is 11.1 Å². The van der Waals surface area contributed by atoms with Crippen molar-refractivity contribution in [2.75, 3.05) is 0 Å². The molecule has 6 heteroatoms. The van der Waals surface area contributed by atoms with Crippen molar-refractivity contribution in [3.63, 3.8) is 0 Å². The summed E-state index contributed by atoms with van der Waals surface area (Å²) in [7, 11) is 0. The number of nitrogens with one attached hydrogen (secondary N) is 1. The zero-order valence-electron chi connectivity index (χ0n) is 9.19. The van der Waals surface area contributed by atoms with Gasteiger partial charge in [-0.1, -0.05) is 13.8 Å². The molecule has 1 aromatic heterocycles. The van der Waals surface area contributed by atoms with Gasteiger partial charge in [-0.3, -0.25) is 14.7 Å². The number of H-pyrrole nitrogens is 1. The maximum Gasteiger partial charge on any atom is 0.331 e. The molecule has 0 fully saturated rings. The molecule has 6 nitrogen and oxygen atoms in total. The Kier molecular flexibility index (Phi) is 3.31. The third-order valence-electron chi connectivity index (χ3n) is 2.82. The fourth-order valence-corrected chi connectivity index (χ4v) is 1.71. The van der Waals surface area contributed by atoms with Gasteiger partial charge in [0.15, 0.2) is 5.54 Å². The molecule has 0 saturated carbocycles. The van der Waals surface area contributed by atoms with Crippen LogP contribution < -0.4 is 11.1 Å². The Bertz CT molecular complexity index is 496. The molecule has 0 amide bonds. The number of carbonyl (C=O) groups is 1. The molecule has 0 aliphatic carbocycles. The maximum absolute atomic E-state index is 11.6. The van der Waals surface area contributed by atoms with Crippen molar-refractivity contribution in [3.8, 4) is 0 Å². The summed E-state index contributed by atoms with van der Waals surface area (Å²) >= 11 is 0. The van der Waals surface area contributed by atoms with Gasteiger partial charge in [-0.15, -0.1) is 0 Å². The first-order valence-electron chi connectivity index (χ1n) is 5.04. The largest absolute Gasteiger partial charge is 0.479 e. The molecular weight excluding hydrogens is 212 g/mol. The van der Waals surface area contributed by atoms with Crippen LogP contribution >= 0.6 is 0 Å². The number of carboxylic acid groups (broad SMARTS) is 1. The van der Waals surface area contributed by atoms with Crippen molar-refractivity contribution in [1.82, 2.24) is 9.78 Å². The molecule has 0 atom stereocenters. The predicted molar refractivity (Wildman–Crippen MR) is 57.5 cm³/mol. The van der Waals surface area contributed by atoms with Crippen LogP contribution in [0.25, 0.3) is 0 Å². The normalized spacial score (nSPS) is 11.4. The number of carboxylic acids is 1. The number of hydrogen-bond donors (Lipinski definition) is 2. The van der Waals surface area contributed by atoms with E-state index >= 15 is 0 Å². The highest BCUT2D eigenvalue weighted by Gasteiger charge is 2.38. The van der Waals surface area contributed by atoms with Gasteiger partial charge in [0.2, 0.25) is 0 Å².